The standard InChI is InChI=1S/C21H20FN7O/c1-23-8-11-2-4-12(5-3-11)19-18(21-25-10-26-29-21)20-17-14(16(30)9-24-20)6-13(22)7-15(17)27-28-19/h2-7,10,18-19,23,27-28H,8-9H2,1H3,(H,25,26,29). The Bertz CT molecular complexity index is 1130. The molecule has 2 aromatic carbocycles. The van der Waals surface area contributed by atoms with E-state index in [1.54, 1.807) is 0 Å². The van der Waals surface area contributed by atoms with Gasteiger partial charge in [-0.1, -0.05) is 24.3 Å². The summed E-state index contributed by atoms with van der Waals surface area (Å²) < 4.78 is 14.2. The van der Waals surface area contributed by atoms with Gasteiger partial charge in [0.05, 0.1) is 23.4 Å². The first kappa shape index (κ1) is 18.6. The van der Waals surface area contributed by atoms with Crippen molar-refractivity contribution in [3.05, 3.63) is 76.6 Å². The number of halogens is 1. The number of nitrogens with zero attached hydrogens (tertiary/aromatic N) is 3. The minimum atomic E-state index is -0.473. The molecule has 8 nitrogen and oxygen atoms in total. The van der Waals surface area contributed by atoms with Crippen LogP contribution in [0.1, 0.15) is 44.8 Å². The number of hydrogen-bond donors (Lipinski definition) is 4. The predicted octanol–water partition coefficient (Wildman–Crippen LogP) is 2.10. The lowest BCUT2D eigenvalue weighted by Crippen LogP contribution is -2.33. The molecule has 0 fully saturated rings. The Kier molecular flexibility index (Phi) is 4.61. The van der Waals surface area contributed by atoms with Crippen LogP contribution in [0, 0.1) is 5.82 Å². The summed E-state index contributed by atoms with van der Waals surface area (Å²) in [5.41, 5.74) is 10.7. The molecule has 2 atom stereocenters. The molecule has 3 heterocycles. The van der Waals surface area contributed by atoms with E-state index in [1.807, 2.05) is 19.2 Å². The Labute approximate surface area is 172 Å². The Morgan fingerprint density at radius 3 is 2.80 bits per heavy atom. The third-order valence-corrected chi connectivity index (χ3v) is 5.49. The number of Topliss-reactive ketones (excluding diaryl/α,β-unsaturated/α-hetero) is 1. The molecule has 0 saturated heterocycles. The van der Waals surface area contributed by atoms with Gasteiger partial charge in [0.15, 0.2) is 5.78 Å². The van der Waals surface area contributed by atoms with Gasteiger partial charge in [0, 0.05) is 17.7 Å². The van der Waals surface area contributed by atoms with Crippen molar-refractivity contribution in [1.29, 1.82) is 0 Å². The monoisotopic (exact) mass is 405 g/mol. The highest BCUT2D eigenvalue weighted by molar-refractivity contribution is 6.20. The molecular formula is C21H20FN7O. The number of aromatic amines is 1. The number of hydrazine groups is 1. The molecule has 152 valence electrons. The molecule has 0 radical (unpaired) electrons. The highest BCUT2D eigenvalue weighted by atomic mass is 19.1. The zero-order valence-corrected chi connectivity index (χ0v) is 16.2. The fourth-order valence-electron chi connectivity index (χ4n) is 4.15. The van der Waals surface area contributed by atoms with E-state index in [9.17, 15) is 9.18 Å². The molecule has 4 N–H and O–H groups in total. The number of aliphatic imine (C=N–C) groups is 1. The largest absolute Gasteiger partial charge is 0.320 e. The van der Waals surface area contributed by atoms with Crippen LogP contribution in [0.25, 0.3) is 0 Å². The van der Waals surface area contributed by atoms with Crippen molar-refractivity contribution in [3.63, 3.8) is 0 Å². The fourth-order valence-corrected chi connectivity index (χ4v) is 4.15. The molecule has 30 heavy (non-hydrogen) atoms. The lowest BCUT2D eigenvalue weighted by molar-refractivity contribution is 0.0999. The van der Waals surface area contributed by atoms with E-state index in [-0.39, 0.29) is 24.3 Å². The molecule has 2 aliphatic heterocycles. The van der Waals surface area contributed by atoms with Crippen LogP contribution in [0.15, 0.2) is 47.7 Å². The summed E-state index contributed by atoms with van der Waals surface area (Å²) in [6, 6.07) is 10.6. The van der Waals surface area contributed by atoms with Crippen molar-refractivity contribution in [1.82, 2.24) is 25.9 Å². The molecular weight excluding hydrogens is 385 g/mol. The Morgan fingerprint density at radius 1 is 1.23 bits per heavy atom. The number of hydrogen-bond acceptors (Lipinski definition) is 7. The SMILES string of the molecule is CNCc1ccc(C2NNc3cc(F)cc4c3C(=NCC4=O)C2c2ncn[nH]2)cc1. The van der Waals surface area contributed by atoms with Gasteiger partial charge in [-0.15, -0.1) is 0 Å². The summed E-state index contributed by atoms with van der Waals surface area (Å²) in [4.78, 5) is 21.4. The van der Waals surface area contributed by atoms with E-state index in [4.69, 9.17) is 0 Å². The van der Waals surface area contributed by atoms with Gasteiger partial charge in [0.2, 0.25) is 0 Å². The smallest absolute Gasteiger partial charge is 0.185 e. The third kappa shape index (κ3) is 3.08. The van der Waals surface area contributed by atoms with Gasteiger partial charge >= 0.3 is 0 Å². The molecule has 2 aliphatic rings. The van der Waals surface area contributed by atoms with Crippen LogP contribution in [0.5, 0.6) is 0 Å². The maximum Gasteiger partial charge on any atom is 0.185 e. The summed E-state index contributed by atoms with van der Waals surface area (Å²) >= 11 is 0. The van der Waals surface area contributed by atoms with Crippen LogP contribution in [0.4, 0.5) is 10.1 Å². The summed E-state index contributed by atoms with van der Waals surface area (Å²) in [6.07, 6.45) is 1.45. The number of rotatable bonds is 4. The molecule has 0 saturated carbocycles. The van der Waals surface area contributed by atoms with Crippen LogP contribution in [-0.4, -0.2) is 40.3 Å². The second-order valence-corrected chi connectivity index (χ2v) is 7.37. The zero-order chi connectivity index (χ0) is 20.7. The maximum absolute atomic E-state index is 14.2. The number of anilines is 1. The minimum absolute atomic E-state index is 0.0241. The van der Waals surface area contributed by atoms with Gasteiger partial charge in [0.25, 0.3) is 0 Å². The lowest BCUT2D eigenvalue weighted by atomic mass is 9.82. The van der Waals surface area contributed by atoms with Crippen LogP contribution < -0.4 is 16.2 Å². The molecule has 0 spiro atoms. The Balaban J connectivity index is 1.66. The maximum atomic E-state index is 14.2. The Hall–Kier alpha value is -3.43. The molecule has 0 amide bonds. The number of nitrogens with one attached hydrogen (secondary N) is 4. The average Bonchev–Trinajstić information content (AvgIpc) is 3.22. The van der Waals surface area contributed by atoms with Crippen LogP contribution in [0.3, 0.4) is 0 Å². The van der Waals surface area contributed by atoms with E-state index >= 15 is 0 Å². The van der Waals surface area contributed by atoms with Crippen LogP contribution in [0.2, 0.25) is 0 Å². The summed E-state index contributed by atoms with van der Waals surface area (Å²) in [5, 5.41) is 10.1. The number of aromatic nitrogens is 3. The van der Waals surface area contributed by atoms with Crippen molar-refractivity contribution >= 4 is 17.2 Å². The molecule has 9 heteroatoms. The van der Waals surface area contributed by atoms with Gasteiger partial charge in [-0.3, -0.25) is 14.9 Å². The van der Waals surface area contributed by atoms with E-state index in [0.29, 0.717) is 28.4 Å². The first-order valence-electron chi connectivity index (χ1n) is 9.67. The number of carbonyl (C=O) groups is 1. The van der Waals surface area contributed by atoms with Gasteiger partial charge in [0.1, 0.15) is 24.5 Å². The molecule has 3 aromatic rings. The number of H-pyrrole nitrogens is 1. The molecule has 1 aromatic heterocycles. The number of carbonyl (C=O) groups excluding carboxylic acids is 1. The van der Waals surface area contributed by atoms with E-state index in [2.05, 4.69) is 48.5 Å². The molecule has 0 bridgehead atoms. The molecule has 5 rings (SSSR count). The number of ketones is 1. The third-order valence-electron chi connectivity index (χ3n) is 5.49. The summed E-state index contributed by atoms with van der Waals surface area (Å²) in [5.74, 6) is -0.417. The van der Waals surface area contributed by atoms with E-state index in [1.165, 1.54) is 18.5 Å². The topological polar surface area (TPSA) is 107 Å². The first-order valence-corrected chi connectivity index (χ1v) is 9.67. The van der Waals surface area contributed by atoms with E-state index in [0.717, 1.165) is 17.7 Å². The average molecular weight is 405 g/mol. The summed E-state index contributed by atoms with van der Waals surface area (Å²) in [7, 11) is 1.90. The van der Waals surface area contributed by atoms with Crippen LogP contribution in [-0.2, 0) is 6.54 Å². The second-order valence-electron chi connectivity index (χ2n) is 7.37. The highest BCUT2D eigenvalue weighted by Gasteiger charge is 2.39. The quantitative estimate of drug-likeness (QED) is 0.530. The first-order chi connectivity index (χ1) is 14.7. The fraction of sp³-hybridized carbons (Fsp3) is 0.238. The Morgan fingerprint density at radius 2 is 2.07 bits per heavy atom. The second kappa shape index (κ2) is 7.43. The lowest BCUT2D eigenvalue weighted by Gasteiger charge is -2.27. The predicted molar refractivity (Wildman–Crippen MR) is 110 cm³/mol. The minimum Gasteiger partial charge on any atom is -0.320 e. The molecule has 0 aliphatic carbocycles. The van der Waals surface area contributed by atoms with Gasteiger partial charge in [-0.2, -0.15) is 5.10 Å². The highest BCUT2D eigenvalue weighted by Crippen LogP contribution is 2.40. The van der Waals surface area contributed by atoms with E-state index < -0.39 is 5.82 Å². The van der Waals surface area contributed by atoms with Crippen molar-refractivity contribution in [2.75, 3.05) is 19.0 Å². The van der Waals surface area contributed by atoms with Crippen molar-refractivity contribution in [2.45, 2.75) is 18.5 Å². The van der Waals surface area contributed by atoms with Crippen molar-refractivity contribution in [2.24, 2.45) is 4.99 Å². The zero-order valence-electron chi connectivity index (χ0n) is 16.2. The van der Waals surface area contributed by atoms with Gasteiger partial charge < -0.3 is 10.7 Å². The van der Waals surface area contributed by atoms with Crippen molar-refractivity contribution < 1.29 is 9.18 Å². The van der Waals surface area contributed by atoms with Gasteiger partial charge in [-0.05, 0) is 30.3 Å². The summed E-state index contributed by atoms with van der Waals surface area (Å²) in [6.45, 7) is 0.745. The molecule has 2 unspecified atom stereocenters. The number of benzene rings is 2. The normalized spacial score (nSPS) is 20.2. The van der Waals surface area contributed by atoms with Crippen LogP contribution >= 0.6 is 0 Å². The van der Waals surface area contributed by atoms with Gasteiger partial charge in [-0.25, -0.2) is 14.8 Å². The van der Waals surface area contributed by atoms with Crippen molar-refractivity contribution in [3.8, 4) is 0 Å².